The van der Waals surface area contributed by atoms with E-state index >= 15 is 0 Å². The second-order valence-corrected chi connectivity index (χ2v) is 9.57. The Hall–Kier alpha value is -2.45. The Bertz CT molecular complexity index is 958. The number of nitro benzene ring substituents is 1. The number of thioether (sulfide) groups is 1. The van der Waals surface area contributed by atoms with E-state index in [-0.39, 0.29) is 16.5 Å². The monoisotopic (exact) mass is 474 g/mol. The fraction of sp³-hybridized carbons (Fsp3) is 0.435. The number of piperazine rings is 1. The third-order valence-electron chi connectivity index (χ3n) is 6.03. The van der Waals surface area contributed by atoms with E-state index in [2.05, 4.69) is 9.80 Å². The van der Waals surface area contributed by atoms with Crippen LogP contribution in [0.1, 0.15) is 19.3 Å². The van der Waals surface area contributed by atoms with Gasteiger partial charge in [0.1, 0.15) is 5.69 Å². The van der Waals surface area contributed by atoms with Gasteiger partial charge in [-0.15, -0.1) is 11.8 Å². The molecule has 2 aromatic rings. The molecule has 9 heteroatoms. The van der Waals surface area contributed by atoms with Crippen LogP contribution in [0.3, 0.4) is 0 Å². The molecule has 7 nitrogen and oxygen atoms in total. The molecule has 0 bridgehead atoms. The number of hydrogen-bond donors (Lipinski definition) is 0. The first-order valence-electron chi connectivity index (χ1n) is 11.0. The number of rotatable bonds is 6. The SMILES string of the molecule is O=C(CSc1ccc(Cl)cc1)N1CCN(c2ccc([N+](=O)[O-])c(N3CCCCC3)c2)CC1. The number of anilines is 2. The molecule has 0 aliphatic carbocycles. The molecule has 2 heterocycles. The number of carbonyl (C=O) groups excluding carboxylic acids is 1. The van der Waals surface area contributed by atoms with Crippen molar-refractivity contribution in [1.29, 1.82) is 0 Å². The lowest BCUT2D eigenvalue weighted by Gasteiger charge is -2.37. The molecule has 2 saturated heterocycles. The van der Waals surface area contributed by atoms with Crippen LogP contribution in [0.4, 0.5) is 17.1 Å². The minimum atomic E-state index is -0.289. The first-order valence-corrected chi connectivity index (χ1v) is 12.3. The minimum Gasteiger partial charge on any atom is -0.368 e. The Kier molecular flexibility index (Phi) is 7.42. The van der Waals surface area contributed by atoms with Crippen molar-refractivity contribution < 1.29 is 9.72 Å². The van der Waals surface area contributed by atoms with Gasteiger partial charge < -0.3 is 14.7 Å². The Balaban J connectivity index is 1.36. The summed E-state index contributed by atoms with van der Waals surface area (Å²) in [4.78, 5) is 31.2. The van der Waals surface area contributed by atoms with Crippen LogP contribution in [0.25, 0.3) is 0 Å². The van der Waals surface area contributed by atoms with Crippen molar-refractivity contribution >= 4 is 46.3 Å². The van der Waals surface area contributed by atoms with Crippen molar-refractivity contribution in [3.8, 4) is 0 Å². The maximum absolute atomic E-state index is 12.6. The predicted molar refractivity (Wildman–Crippen MR) is 130 cm³/mol. The summed E-state index contributed by atoms with van der Waals surface area (Å²) in [5.74, 6) is 0.528. The highest BCUT2D eigenvalue weighted by atomic mass is 35.5. The number of benzene rings is 2. The van der Waals surface area contributed by atoms with Crippen molar-refractivity contribution in [3.05, 3.63) is 57.6 Å². The zero-order chi connectivity index (χ0) is 22.5. The molecule has 0 unspecified atom stereocenters. The topological polar surface area (TPSA) is 69.9 Å². The summed E-state index contributed by atoms with van der Waals surface area (Å²) in [7, 11) is 0. The molecule has 2 aromatic carbocycles. The molecular formula is C23H27ClN4O3S. The molecule has 0 aromatic heterocycles. The van der Waals surface area contributed by atoms with Crippen LogP contribution in [0, 0.1) is 10.1 Å². The van der Waals surface area contributed by atoms with Gasteiger partial charge in [-0.1, -0.05) is 11.6 Å². The molecule has 0 atom stereocenters. The standard InChI is InChI=1S/C23H27ClN4O3S/c24-18-4-7-20(8-5-18)32-17-23(29)27-14-12-25(13-15-27)19-6-9-21(28(30)31)22(16-19)26-10-2-1-3-11-26/h4-9,16H,1-3,10-15,17H2. The van der Waals surface area contributed by atoms with Gasteiger partial charge in [0.15, 0.2) is 0 Å². The van der Waals surface area contributed by atoms with Crippen LogP contribution >= 0.6 is 23.4 Å². The number of carbonyl (C=O) groups is 1. The molecule has 4 rings (SSSR count). The van der Waals surface area contributed by atoms with Crippen LogP contribution in [-0.4, -0.2) is 60.8 Å². The molecule has 1 amide bonds. The minimum absolute atomic E-state index is 0.127. The Morgan fingerprint density at radius 1 is 0.938 bits per heavy atom. The van der Waals surface area contributed by atoms with Gasteiger partial charge in [-0.2, -0.15) is 0 Å². The van der Waals surface area contributed by atoms with Gasteiger partial charge in [-0.05, 0) is 55.7 Å². The number of halogens is 1. The summed E-state index contributed by atoms with van der Waals surface area (Å²) in [6.45, 7) is 4.45. The number of piperidine rings is 1. The Morgan fingerprint density at radius 3 is 2.28 bits per heavy atom. The highest BCUT2D eigenvalue weighted by molar-refractivity contribution is 8.00. The number of nitrogens with zero attached hydrogens (tertiary/aromatic N) is 4. The highest BCUT2D eigenvalue weighted by Gasteiger charge is 2.25. The lowest BCUT2D eigenvalue weighted by molar-refractivity contribution is -0.384. The fourth-order valence-electron chi connectivity index (χ4n) is 4.23. The van der Waals surface area contributed by atoms with Crippen molar-refractivity contribution in [1.82, 2.24) is 4.90 Å². The van der Waals surface area contributed by atoms with Gasteiger partial charge in [0.25, 0.3) is 5.69 Å². The van der Waals surface area contributed by atoms with Gasteiger partial charge in [0, 0.05) is 60.9 Å². The molecule has 32 heavy (non-hydrogen) atoms. The Morgan fingerprint density at radius 2 is 1.62 bits per heavy atom. The molecule has 0 spiro atoms. The van der Waals surface area contributed by atoms with E-state index in [9.17, 15) is 14.9 Å². The summed E-state index contributed by atoms with van der Waals surface area (Å²) in [5.41, 5.74) is 1.87. The number of amides is 1. The summed E-state index contributed by atoms with van der Waals surface area (Å²) >= 11 is 7.43. The van der Waals surface area contributed by atoms with Crippen molar-refractivity contribution in [2.75, 3.05) is 54.8 Å². The van der Waals surface area contributed by atoms with Crippen LogP contribution in [0.2, 0.25) is 5.02 Å². The summed E-state index contributed by atoms with van der Waals surface area (Å²) in [5, 5.41) is 12.2. The van der Waals surface area contributed by atoms with E-state index in [1.165, 1.54) is 18.2 Å². The van der Waals surface area contributed by atoms with Gasteiger partial charge in [-0.25, -0.2) is 0 Å². The van der Waals surface area contributed by atoms with Gasteiger partial charge >= 0.3 is 0 Å². The van der Waals surface area contributed by atoms with Crippen molar-refractivity contribution in [2.45, 2.75) is 24.2 Å². The third-order valence-corrected chi connectivity index (χ3v) is 7.27. The lowest BCUT2D eigenvalue weighted by Crippen LogP contribution is -2.49. The van der Waals surface area contributed by atoms with E-state index in [0.717, 1.165) is 36.5 Å². The van der Waals surface area contributed by atoms with E-state index in [1.54, 1.807) is 6.07 Å². The van der Waals surface area contributed by atoms with Crippen molar-refractivity contribution in [3.63, 3.8) is 0 Å². The molecule has 0 radical (unpaired) electrons. The van der Waals surface area contributed by atoms with E-state index in [4.69, 9.17) is 11.6 Å². The summed E-state index contributed by atoms with van der Waals surface area (Å²) in [6, 6.07) is 12.9. The van der Waals surface area contributed by atoms with Crippen LogP contribution in [0.5, 0.6) is 0 Å². The second kappa shape index (κ2) is 10.4. The van der Waals surface area contributed by atoms with E-state index in [0.29, 0.717) is 42.6 Å². The number of nitro groups is 1. The molecule has 0 saturated carbocycles. The third kappa shape index (κ3) is 5.48. The quantitative estimate of drug-likeness (QED) is 0.344. The zero-order valence-electron chi connectivity index (χ0n) is 17.9. The number of hydrogen-bond acceptors (Lipinski definition) is 6. The first kappa shape index (κ1) is 22.7. The molecule has 2 aliphatic heterocycles. The van der Waals surface area contributed by atoms with E-state index < -0.39 is 0 Å². The first-order chi connectivity index (χ1) is 15.5. The van der Waals surface area contributed by atoms with Crippen LogP contribution in [-0.2, 0) is 4.79 Å². The zero-order valence-corrected chi connectivity index (χ0v) is 19.5. The van der Waals surface area contributed by atoms with Gasteiger partial charge in [0.05, 0.1) is 10.7 Å². The smallest absolute Gasteiger partial charge is 0.292 e. The second-order valence-electron chi connectivity index (χ2n) is 8.09. The lowest BCUT2D eigenvalue weighted by atomic mass is 10.1. The maximum atomic E-state index is 12.6. The summed E-state index contributed by atoms with van der Waals surface area (Å²) < 4.78 is 0. The maximum Gasteiger partial charge on any atom is 0.292 e. The van der Waals surface area contributed by atoms with Crippen LogP contribution in [0.15, 0.2) is 47.4 Å². The normalized spacial score (nSPS) is 16.8. The van der Waals surface area contributed by atoms with E-state index in [1.807, 2.05) is 41.3 Å². The van der Waals surface area contributed by atoms with Gasteiger partial charge in [0.2, 0.25) is 5.91 Å². The largest absolute Gasteiger partial charge is 0.368 e. The molecular weight excluding hydrogens is 448 g/mol. The fourth-order valence-corrected chi connectivity index (χ4v) is 5.16. The van der Waals surface area contributed by atoms with Crippen LogP contribution < -0.4 is 9.80 Å². The average molecular weight is 475 g/mol. The molecule has 2 fully saturated rings. The summed E-state index contributed by atoms with van der Waals surface area (Å²) in [6.07, 6.45) is 3.31. The molecule has 170 valence electrons. The molecule has 0 N–H and O–H groups in total. The molecule has 2 aliphatic rings. The highest BCUT2D eigenvalue weighted by Crippen LogP contribution is 2.34. The average Bonchev–Trinajstić information content (AvgIpc) is 2.83. The van der Waals surface area contributed by atoms with Gasteiger partial charge in [-0.3, -0.25) is 14.9 Å². The Labute approximate surface area is 197 Å². The predicted octanol–water partition coefficient (Wildman–Crippen LogP) is 4.68. The van der Waals surface area contributed by atoms with Crippen molar-refractivity contribution in [2.24, 2.45) is 0 Å².